The normalized spacial score (nSPS) is 18.3. The molecule has 1 fully saturated rings. The molecule has 0 spiro atoms. The molecule has 3 N–H and O–H groups in total. The lowest BCUT2D eigenvalue weighted by Crippen LogP contribution is -2.49. The van der Waals surface area contributed by atoms with Crippen LogP contribution in [0, 0.1) is 0 Å². The Kier molecular flexibility index (Phi) is 3.78. The fraction of sp³-hybridized carbons (Fsp3) is 0.462. The molecule has 18 heavy (non-hydrogen) atoms. The maximum absolute atomic E-state index is 12.2. The van der Waals surface area contributed by atoms with Crippen molar-refractivity contribution in [2.45, 2.75) is 25.3 Å². The second-order valence-electron chi connectivity index (χ2n) is 4.86. The highest BCUT2D eigenvalue weighted by atomic mass is 35.5. The summed E-state index contributed by atoms with van der Waals surface area (Å²) in [6.07, 6.45) is 1.62. The molecule has 5 heteroatoms. The summed E-state index contributed by atoms with van der Waals surface area (Å²) in [4.78, 5) is 12.2. The number of hydrogen-bond donors (Lipinski definition) is 2. The molecule has 1 aromatic rings. The molecule has 1 aliphatic rings. The molecule has 4 nitrogen and oxygen atoms in total. The van der Waals surface area contributed by atoms with Crippen molar-refractivity contribution in [3.8, 4) is 0 Å². The van der Waals surface area contributed by atoms with Crippen molar-refractivity contribution >= 4 is 23.2 Å². The van der Waals surface area contributed by atoms with Gasteiger partial charge in [-0.15, -0.1) is 0 Å². The standard InChI is InChI=1S/C13H17ClN2O2/c1-13(4-6-18-7-5-13)16-12(17)10-3-2-9(14)8-11(10)15/h2-3,8H,4-7,15H2,1H3,(H,16,17). The van der Waals surface area contributed by atoms with Gasteiger partial charge in [0.25, 0.3) is 5.91 Å². The Morgan fingerprint density at radius 3 is 2.72 bits per heavy atom. The summed E-state index contributed by atoms with van der Waals surface area (Å²) < 4.78 is 5.30. The van der Waals surface area contributed by atoms with Crippen LogP contribution in [0.1, 0.15) is 30.1 Å². The number of nitrogens with one attached hydrogen (secondary N) is 1. The summed E-state index contributed by atoms with van der Waals surface area (Å²) in [5, 5.41) is 3.56. The molecule has 1 aliphatic heterocycles. The maximum Gasteiger partial charge on any atom is 0.253 e. The second-order valence-corrected chi connectivity index (χ2v) is 5.30. The largest absolute Gasteiger partial charge is 0.398 e. The molecular weight excluding hydrogens is 252 g/mol. The number of carbonyl (C=O) groups is 1. The number of amides is 1. The molecule has 0 saturated carbocycles. The fourth-order valence-electron chi connectivity index (χ4n) is 2.03. The number of carbonyl (C=O) groups excluding carboxylic acids is 1. The number of hydrogen-bond acceptors (Lipinski definition) is 3. The number of nitrogens with two attached hydrogens (primary N) is 1. The van der Waals surface area contributed by atoms with Gasteiger partial charge in [-0.1, -0.05) is 11.6 Å². The van der Waals surface area contributed by atoms with Gasteiger partial charge in [0.1, 0.15) is 0 Å². The van der Waals surface area contributed by atoms with Crippen LogP contribution >= 0.6 is 11.6 Å². The van der Waals surface area contributed by atoms with Gasteiger partial charge in [-0.3, -0.25) is 4.79 Å². The van der Waals surface area contributed by atoms with Crippen LogP contribution in [0.5, 0.6) is 0 Å². The highest BCUT2D eigenvalue weighted by Crippen LogP contribution is 2.22. The number of anilines is 1. The second kappa shape index (κ2) is 5.16. The van der Waals surface area contributed by atoms with Gasteiger partial charge in [0.15, 0.2) is 0 Å². The molecule has 0 aliphatic carbocycles. The van der Waals surface area contributed by atoms with Crippen LogP contribution < -0.4 is 11.1 Å². The molecule has 0 radical (unpaired) electrons. The van der Waals surface area contributed by atoms with Crippen molar-refractivity contribution in [1.29, 1.82) is 0 Å². The Hall–Kier alpha value is -1.26. The van der Waals surface area contributed by atoms with Crippen LogP contribution in [0.2, 0.25) is 5.02 Å². The minimum atomic E-state index is -0.221. The van der Waals surface area contributed by atoms with E-state index in [-0.39, 0.29) is 11.4 Å². The Morgan fingerprint density at radius 2 is 2.11 bits per heavy atom. The van der Waals surface area contributed by atoms with Crippen molar-refractivity contribution in [2.75, 3.05) is 18.9 Å². The number of halogens is 1. The minimum Gasteiger partial charge on any atom is -0.398 e. The first-order chi connectivity index (χ1) is 8.50. The number of ether oxygens (including phenoxy) is 1. The van der Waals surface area contributed by atoms with Crippen LogP contribution in [0.15, 0.2) is 18.2 Å². The number of rotatable bonds is 2. The van der Waals surface area contributed by atoms with Gasteiger partial charge in [-0.05, 0) is 38.0 Å². The lowest BCUT2D eigenvalue weighted by atomic mass is 9.92. The molecule has 98 valence electrons. The SMILES string of the molecule is CC1(NC(=O)c2ccc(Cl)cc2N)CCOCC1. The van der Waals surface area contributed by atoms with E-state index in [2.05, 4.69) is 5.32 Å². The smallest absolute Gasteiger partial charge is 0.253 e. The van der Waals surface area contributed by atoms with Crippen molar-refractivity contribution in [1.82, 2.24) is 5.32 Å². The van der Waals surface area contributed by atoms with E-state index in [4.69, 9.17) is 22.1 Å². The molecule has 0 unspecified atom stereocenters. The van der Waals surface area contributed by atoms with Gasteiger partial charge in [0.05, 0.1) is 5.56 Å². The third-order valence-electron chi connectivity index (χ3n) is 3.27. The average molecular weight is 269 g/mol. The van der Waals surface area contributed by atoms with Crippen LogP contribution in [0.25, 0.3) is 0 Å². The predicted octanol–water partition coefficient (Wildman–Crippen LogP) is 2.22. The lowest BCUT2D eigenvalue weighted by molar-refractivity contribution is 0.0423. The first kappa shape index (κ1) is 13.2. The average Bonchev–Trinajstić information content (AvgIpc) is 2.28. The molecule has 2 rings (SSSR count). The van der Waals surface area contributed by atoms with E-state index in [1.54, 1.807) is 18.2 Å². The van der Waals surface area contributed by atoms with E-state index in [9.17, 15) is 4.79 Å². The van der Waals surface area contributed by atoms with E-state index in [1.807, 2.05) is 6.92 Å². The fourth-order valence-corrected chi connectivity index (χ4v) is 2.21. The van der Waals surface area contributed by atoms with Crippen molar-refractivity contribution in [3.05, 3.63) is 28.8 Å². The molecule has 1 heterocycles. The Balaban J connectivity index is 2.11. The number of nitrogen functional groups attached to an aromatic ring is 1. The summed E-state index contributed by atoms with van der Waals surface area (Å²) >= 11 is 5.81. The zero-order chi connectivity index (χ0) is 13.2. The van der Waals surface area contributed by atoms with Gasteiger partial charge < -0.3 is 15.8 Å². The minimum absolute atomic E-state index is 0.159. The van der Waals surface area contributed by atoms with E-state index < -0.39 is 0 Å². The first-order valence-electron chi connectivity index (χ1n) is 5.95. The van der Waals surface area contributed by atoms with Crippen LogP contribution in [0.3, 0.4) is 0 Å². The van der Waals surface area contributed by atoms with Gasteiger partial charge in [-0.2, -0.15) is 0 Å². The van der Waals surface area contributed by atoms with Crippen molar-refractivity contribution in [2.24, 2.45) is 0 Å². The summed E-state index contributed by atoms with van der Waals surface area (Å²) in [5.74, 6) is -0.159. The first-order valence-corrected chi connectivity index (χ1v) is 6.33. The van der Waals surface area contributed by atoms with Crippen LogP contribution in [-0.2, 0) is 4.74 Å². The Labute approximate surface area is 111 Å². The van der Waals surface area contributed by atoms with Gasteiger partial charge >= 0.3 is 0 Å². The third-order valence-corrected chi connectivity index (χ3v) is 3.50. The molecular formula is C13H17ClN2O2. The summed E-state index contributed by atoms with van der Waals surface area (Å²) in [6.45, 7) is 3.37. The Bertz CT molecular complexity index is 456. The zero-order valence-electron chi connectivity index (χ0n) is 10.3. The number of benzene rings is 1. The van der Waals surface area contributed by atoms with E-state index >= 15 is 0 Å². The molecule has 1 saturated heterocycles. The van der Waals surface area contributed by atoms with Crippen LogP contribution in [0.4, 0.5) is 5.69 Å². The summed E-state index contributed by atoms with van der Waals surface area (Å²) in [7, 11) is 0. The van der Waals surface area contributed by atoms with Gasteiger partial charge in [0.2, 0.25) is 0 Å². The van der Waals surface area contributed by atoms with Crippen LogP contribution in [-0.4, -0.2) is 24.7 Å². The lowest BCUT2D eigenvalue weighted by Gasteiger charge is -2.34. The molecule has 0 bridgehead atoms. The molecule has 0 aromatic heterocycles. The van der Waals surface area contributed by atoms with E-state index in [0.717, 1.165) is 12.8 Å². The van der Waals surface area contributed by atoms with E-state index in [0.29, 0.717) is 29.5 Å². The van der Waals surface area contributed by atoms with Crippen molar-refractivity contribution in [3.63, 3.8) is 0 Å². The van der Waals surface area contributed by atoms with E-state index in [1.165, 1.54) is 0 Å². The third kappa shape index (κ3) is 2.94. The highest BCUT2D eigenvalue weighted by Gasteiger charge is 2.29. The Morgan fingerprint density at radius 1 is 1.44 bits per heavy atom. The van der Waals surface area contributed by atoms with Gasteiger partial charge in [-0.25, -0.2) is 0 Å². The van der Waals surface area contributed by atoms with Gasteiger partial charge in [0, 0.05) is 29.5 Å². The maximum atomic E-state index is 12.2. The quantitative estimate of drug-likeness (QED) is 0.809. The summed E-state index contributed by atoms with van der Waals surface area (Å²) in [5.41, 5.74) is 6.44. The zero-order valence-corrected chi connectivity index (χ0v) is 11.1. The van der Waals surface area contributed by atoms with Crippen molar-refractivity contribution < 1.29 is 9.53 Å². The summed E-state index contributed by atoms with van der Waals surface area (Å²) in [6, 6.07) is 4.90. The molecule has 1 aromatic carbocycles. The topological polar surface area (TPSA) is 64.4 Å². The monoisotopic (exact) mass is 268 g/mol. The molecule has 0 atom stereocenters. The molecule has 1 amide bonds. The predicted molar refractivity (Wildman–Crippen MR) is 71.8 cm³/mol. The highest BCUT2D eigenvalue weighted by molar-refractivity contribution is 6.31.